The molecule has 0 radical (unpaired) electrons. The number of hydrogen-bond acceptors (Lipinski definition) is 3. The molecule has 6 heteroatoms. The molecular weight excluding hydrogens is 260 g/mol. The molecule has 1 aromatic rings. The van der Waals surface area contributed by atoms with E-state index in [9.17, 15) is 14.4 Å². The number of carbonyl (C=O) groups is 2. The van der Waals surface area contributed by atoms with E-state index in [1.165, 1.54) is 16.8 Å². The van der Waals surface area contributed by atoms with Crippen LogP contribution in [0.5, 0.6) is 0 Å². The fourth-order valence-corrected chi connectivity index (χ4v) is 2.62. The lowest BCUT2D eigenvalue weighted by Gasteiger charge is -2.16. The summed E-state index contributed by atoms with van der Waals surface area (Å²) < 4.78 is 1.38. The quantitative estimate of drug-likeness (QED) is 0.845. The maximum absolute atomic E-state index is 11.9. The Hall–Kier alpha value is -2.11. The Balaban J connectivity index is 1.96. The monoisotopic (exact) mass is 278 g/mol. The lowest BCUT2D eigenvalue weighted by molar-refractivity contribution is -0.142. The van der Waals surface area contributed by atoms with Crippen LogP contribution in [0.25, 0.3) is 0 Å². The summed E-state index contributed by atoms with van der Waals surface area (Å²) in [4.78, 5) is 34.4. The third-order valence-corrected chi connectivity index (χ3v) is 3.87. The molecule has 6 nitrogen and oxygen atoms in total. The molecule has 1 aliphatic carbocycles. The van der Waals surface area contributed by atoms with Gasteiger partial charge in [0.15, 0.2) is 0 Å². The van der Waals surface area contributed by atoms with E-state index in [0.29, 0.717) is 18.5 Å². The molecule has 20 heavy (non-hydrogen) atoms. The molecule has 1 amide bonds. The summed E-state index contributed by atoms with van der Waals surface area (Å²) in [6, 6.07) is 2.85. The minimum atomic E-state index is -0.796. The smallest absolute Gasteiger partial charge is 0.306 e. The fraction of sp³-hybridized carbons (Fsp3) is 0.500. The van der Waals surface area contributed by atoms with Gasteiger partial charge in [-0.3, -0.25) is 14.4 Å². The largest absolute Gasteiger partial charge is 0.481 e. The van der Waals surface area contributed by atoms with Gasteiger partial charge in [0.05, 0.1) is 5.92 Å². The number of rotatable bonds is 4. The number of aryl methyl sites for hydroxylation is 1. The normalized spacial score (nSPS) is 21.6. The maximum Gasteiger partial charge on any atom is 0.306 e. The number of pyridine rings is 1. The first-order valence-corrected chi connectivity index (χ1v) is 6.66. The van der Waals surface area contributed by atoms with Crippen molar-refractivity contribution in [1.82, 2.24) is 9.88 Å². The standard InChI is InChI=1S/C14H18N2O4/c1-16-6-5-9(7-12(16)17)13(18)15-8-10-3-2-4-11(10)14(19)20/h5-7,10-11H,2-4,8H2,1H3,(H,15,18)(H,19,20). The lowest BCUT2D eigenvalue weighted by atomic mass is 9.96. The average molecular weight is 278 g/mol. The Kier molecular flexibility index (Phi) is 4.22. The van der Waals surface area contributed by atoms with Crippen LogP contribution in [-0.4, -0.2) is 28.1 Å². The molecule has 1 saturated carbocycles. The van der Waals surface area contributed by atoms with Crippen molar-refractivity contribution in [3.05, 3.63) is 34.2 Å². The molecule has 2 atom stereocenters. The topological polar surface area (TPSA) is 88.4 Å². The number of aliphatic carboxylic acids is 1. The van der Waals surface area contributed by atoms with Gasteiger partial charge in [-0.2, -0.15) is 0 Å². The number of carbonyl (C=O) groups excluding carboxylic acids is 1. The van der Waals surface area contributed by atoms with Crippen molar-refractivity contribution in [2.24, 2.45) is 18.9 Å². The van der Waals surface area contributed by atoms with E-state index in [-0.39, 0.29) is 23.3 Å². The van der Waals surface area contributed by atoms with Crippen LogP contribution in [0.15, 0.2) is 23.1 Å². The van der Waals surface area contributed by atoms with Crippen LogP contribution < -0.4 is 10.9 Å². The number of nitrogens with zero attached hydrogens (tertiary/aromatic N) is 1. The molecule has 1 aromatic heterocycles. The number of aromatic nitrogens is 1. The average Bonchev–Trinajstić information content (AvgIpc) is 2.87. The molecule has 2 unspecified atom stereocenters. The highest BCUT2D eigenvalue weighted by Crippen LogP contribution is 2.31. The third kappa shape index (κ3) is 3.07. The summed E-state index contributed by atoms with van der Waals surface area (Å²) in [6.07, 6.45) is 3.89. The molecule has 1 fully saturated rings. The summed E-state index contributed by atoms with van der Waals surface area (Å²) >= 11 is 0. The van der Waals surface area contributed by atoms with Gasteiger partial charge in [0, 0.05) is 31.4 Å². The first-order chi connectivity index (χ1) is 9.49. The van der Waals surface area contributed by atoms with Gasteiger partial charge in [0.1, 0.15) is 0 Å². The van der Waals surface area contributed by atoms with Gasteiger partial charge in [-0.1, -0.05) is 6.42 Å². The Morgan fingerprint density at radius 3 is 2.85 bits per heavy atom. The Morgan fingerprint density at radius 2 is 2.20 bits per heavy atom. The summed E-state index contributed by atoms with van der Waals surface area (Å²) in [7, 11) is 1.61. The zero-order chi connectivity index (χ0) is 14.7. The van der Waals surface area contributed by atoms with Gasteiger partial charge in [-0.25, -0.2) is 0 Å². The van der Waals surface area contributed by atoms with Crippen LogP contribution in [0.4, 0.5) is 0 Å². The van der Waals surface area contributed by atoms with Crippen molar-refractivity contribution in [2.75, 3.05) is 6.54 Å². The predicted octanol–water partition coefficient (Wildman–Crippen LogP) is 0.616. The number of hydrogen-bond donors (Lipinski definition) is 2. The van der Waals surface area contributed by atoms with E-state index in [1.807, 2.05) is 0 Å². The van der Waals surface area contributed by atoms with Crippen molar-refractivity contribution < 1.29 is 14.7 Å². The molecule has 2 N–H and O–H groups in total. The first-order valence-electron chi connectivity index (χ1n) is 6.66. The first kappa shape index (κ1) is 14.3. The van der Waals surface area contributed by atoms with Crippen molar-refractivity contribution >= 4 is 11.9 Å². The maximum atomic E-state index is 11.9. The van der Waals surface area contributed by atoms with Crippen molar-refractivity contribution in [2.45, 2.75) is 19.3 Å². The van der Waals surface area contributed by atoms with Gasteiger partial charge >= 0.3 is 5.97 Å². The van der Waals surface area contributed by atoms with E-state index >= 15 is 0 Å². The SMILES string of the molecule is Cn1ccc(C(=O)NCC2CCCC2C(=O)O)cc1=O. The molecule has 0 aromatic carbocycles. The zero-order valence-electron chi connectivity index (χ0n) is 11.3. The van der Waals surface area contributed by atoms with Crippen molar-refractivity contribution in [1.29, 1.82) is 0 Å². The Bertz CT molecular complexity index is 579. The summed E-state index contributed by atoms with van der Waals surface area (Å²) in [5, 5.41) is 11.8. The zero-order valence-corrected chi connectivity index (χ0v) is 11.3. The predicted molar refractivity (Wildman–Crippen MR) is 72.5 cm³/mol. The molecule has 1 heterocycles. The highest BCUT2D eigenvalue weighted by atomic mass is 16.4. The Labute approximate surface area is 116 Å². The van der Waals surface area contributed by atoms with Crippen molar-refractivity contribution in [3.8, 4) is 0 Å². The van der Waals surface area contributed by atoms with Gasteiger partial charge in [-0.15, -0.1) is 0 Å². The molecular formula is C14H18N2O4. The van der Waals surface area contributed by atoms with Crippen molar-refractivity contribution in [3.63, 3.8) is 0 Å². The van der Waals surface area contributed by atoms with Gasteiger partial charge in [0.25, 0.3) is 11.5 Å². The van der Waals surface area contributed by atoms with E-state index in [4.69, 9.17) is 5.11 Å². The van der Waals surface area contributed by atoms with E-state index in [2.05, 4.69) is 5.32 Å². The minimum Gasteiger partial charge on any atom is -0.481 e. The van der Waals surface area contributed by atoms with Crippen LogP contribution in [-0.2, 0) is 11.8 Å². The second kappa shape index (κ2) is 5.90. The molecule has 0 spiro atoms. The highest BCUT2D eigenvalue weighted by Gasteiger charge is 2.32. The number of amides is 1. The van der Waals surface area contributed by atoms with Crippen LogP contribution in [0, 0.1) is 11.8 Å². The number of carboxylic acid groups (broad SMARTS) is 1. The summed E-state index contributed by atoms with van der Waals surface area (Å²) in [6.45, 7) is 0.338. The van der Waals surface area contributed by atoms with E-state index < -0.39 is 5.97 Å². The molecule has 108 valence electrons. The summed E-state index contributed by atoms with van der Waals surface area (Å²) in [5.41, 5.74) is 0.0555. The van der Waals surface area contributed by atoms with Gasteiger partial charge < -0.3 is 15.0 Å². The molecule has 0 bridgehead atoms. The number of carboxylic acids is 1. The van der Waals surface area contributed by atoms with Crippen LogP contribution >= 0.6 is 0 Å². The van der Waals surface area contributed by atoms with Gasteiger partial charge in [0.2, 0.25) is 0 Å². The summed E-state index contributed by atoms with van der Waals surface area (Å²) in [5.74, 6) is -1.53. The second-order valence-corrected chi connectivity index (χ2v) is 5.21. The molecule has 0 saturated heterocycles. The van der Waals surface area contributed by atoms with E-state index in [0.717, 1.165) is 12.8 Å². The van der Waals surface area contributed by atoms with Gasteiger partial charge in [-0.05, 0) is 24.8 Å². The second-order valence-electron chi connectivity index (χ2n) is 5.21. The molecule has 1 aliphatic rings. The third-order valence-electron chi connectivity index (χ3n) is 3.87. The highest BCUT2D eigenvalue weighted by molar-refractivity contribution is 5.94. The van der Waals surface area contributed by atoms with Crippen LogP contribution in [0.1, 0.15) is 29.6 Å². The van der Waals surface area contributed by atoms with Crippen LogP contribution in [0.2, 0.25) is 0 Å². The van der Waals surface area contributed by atoms with E-state index in [1.54, 1.807) is 13.1 Å². The molecule has 0 aliphatic heterocycles. The lowest BCUT2D eigenvalue weighted by Crippen LogP contribution is -2.33. The van der Waals surface area contributed by atoms with Crippen LogP contribution in [0.3, 0.4) is 0 Å². The fourth-order valence-electron chi connectivity index (χ4n) is 2.62. The molecule has 2 rings (SSSR count). The Morgan fingerprint density at radius 1 is 1.45 bits per heavy atom. The minimum absolute atomic E-state index is 0.0250. The number of nitrogens with one attached hydrogen (secondary N) is 1.